The zero-order chi connectivity index (χ0) is 19.0. The van der Waals surface area contributed by atoms with E-state index in [9.17, 15) is 9.59 Å². The predicted molar refractivity (Wildman–Crippen MR) is 104 cm³/mol. The summed E-state index contributed by atoms with van der Waals surface area (Å²) < 4.78 is 3.03. The smallest absolute Gasteiger partial charge is 0.260 e. The maximum atomic E-state index is 12.6. The molecule has 0 aliphatic rings. The molecule has 1 N–H and O–H groups in total. The number of nitrogens with zero attached hydrogens (tertiary/aromatic N) is 4. The zero-order valence-corrected chi connectivity index (χ0v) is 14.9. The van der Waals surface area contributed by atoms with Gasteiger partial charge >= 0.3 is 0 Å². The Morgan fingerprint density at radius 3 is 2.59 bits per heavy atom. The Kier molecular flexibility index (Phi) is 4.04. The summed E-state index contributed by atoms with van der Waals surface area (Å²) in [6.07, 6.45) is 1.44. The molecule has 0 aliphatic heterocycles. The number of carbonyl (C=O) groups is 1. The Morgan fingerprint density at radius 2 is 1.81 bits per heavy atom. The van der Waals surface area contributed by atoms with E-state index in [2.05, 4.69) is 15.4 Å². The Morgan fingerprint density at radius 1 is 1.04 bits per heavy atom. The van der Waals surface area contributed by atoms with E-state index < -0.39 is 0 Å². The van der Waals surface area contributed by atoms with Crippen LogP contribution in [0.1, 0.15) is 10.4 Å². The second-order valence-electron chi connectivity index (χ2n) is 6.25. The van der Waals surface area contributed by atoms with Gasteiger partial charge in [0, 0.05) is 31.3 Å². The Hall–Kier alpha value is -3.74. The normalized spacial score (nSPS) is 10.9. The highest BCUT2D eigenvalue weighted by atomic mass is 16.1. The van der Waals surface area contributed by atoms with Crippen molar-refractivity contribution in [2.24, 2.45) is 14.1 Å². The van der Waals surface area contributed by atoms with Crippen LogP contribution in [-0.4, -0.2) is 25.2 Å². The number of fused-ring (bicyclic) bond motifs is 1. The van der Waals surface area contributed by atoms with Crippen LogP contribution in [0.25, 0.3) is 22.2 Å². The third-order valence-electron chi connectivity index (χ3n) is 4.37. The average Bonchev–Trinajstić information content (AvgIpc) is 3.05. The molecule has 0 saturated carbocycles. The van der Waals surface area contributed by atoms with Crippen molar-refractivity contribution in [2.75, 3.05) is 5.32 Å². The fraction of sp³-hybridized carbons (Fsp3) is 0.100. The highest BCUT2D eigenvalue weighted by Crippen LogP contribution is 2.21. The van der Waals surface area contributed by atoms with Crippen LogP contribution in [0.4, 0.5) is 5.82 Å². The summed E-state index contributed by atoms with van der Waals surface area (Å²) in [5, 5.41) is 7.78. The van der Waals surface area contributed by atoms with E-state index in [0.717, 1.165) is 11.3 Å². The number of aryl methyl sites for hydroxylation is 2. The second kappa shape index (κ2) is 6.53. The van der Waals surface area contributed by atoms with Gasteiger partial charge in [-0.25, -0.2) is 4.98 Å². The SMILES string of the molecule is Cn1nc(-c2ccccc2)cc1NC(=O)c1ccc2c(=O)n(C)cnc2c1. The fourth-order valence-electron chi connectivity index (χ4n) is 2.87. The number of hydrogen-bond donors (Lipinski definition) is 1. The van der Waals surface area contributed by atoms with Crippen molar-refractivity contribution in [3.05, 3.63) is 76.8 Å². The van der Waals surface area contributed by atoms with E-state index in [-0.39, 0.29) is 11.5 Å². The summed E-state index contributed by atoms with van der Waals surface area (Å²) in [5.41, 5.74) is 2.51. The molecule has 0 unspecified atom stereocenters. The van der Waals surface area contributed by atoms with Gasteiger partial charge in [-0.05, 0) is 18.2 Å². The molecular formula is C20H17N5O2. The number of amides is 1. The molecule has 4 rings (SSSR count). The van der Waals surface area contributed by atoms with Gasteiger partial charge in [0.15, 0.2) is 0 Å². The third-order valence-corrected chi connectivity index (χ3v) is 4.37. The lowest BCUT2D eigenvalue weighted by molar-refractivity contribution is 0.102. The Labute approximate surface area is 154 Å². The lowest BCUT2D eigenvalue weighted by atomic mass is 10.1. The van der Waals surface area contributed by atoms with Gasteiger partial charge in [0.1, 0.15) is 5.82 Å². The number of nitrogens with one attached hydrogen (secondary N) is 1. The molecule has 2 heterocycles. The first-order valence-corrected chi connectivity index (χ1v) is 8.39. The molecule has 0 saturated heterocycles. The predicted octanol–water partition coefficient (Wildman–Crippen LogP) is 2.59. The summed E-state index contributed by atoms with van der Waals surface area (Å²) in [6.45, 7) is 0. The highest BCUT2D eigenvalue weighted by Gasteiger charge is 2.13. The maximum absolute atomic E-state index is 12.6. The van der Waals surface area contributed by atoms with Crippen LogP contribution in [0, 0.1) is 0 Å². The van der Waals surface area contributed by atoms with E-state index in [1.54, 1.807) is 37.0 Å². The van der Waals surface area contributed by atoms with E-state index in [1.165, 1.54) is 10.9 Å². The van der Waals surface area contributed by atoms with E-state index in [4.69, 9.17) is 0 Å². The molecule has 0 spiro atoms. The number of carbonyl (C=O) groups excluding carboxylic acids is 1. The summed E-state index contributed by atoms with van der Waals surface area (Å²) >= 11 is 0. The van der Waals surface area contributed by atoms with Crippen LogP contribution < -0.4 is 10.9 Å². The number of aromatic nitrogens is 4. The minimum atomic E-state index is -0.290. The van der Waals surface area contributed by atoms with Gasteiger partial charge in [-0.3, -0.25) is 14.3 Å². The Balaban J connectivity index is 1.63. The molecule has 2 aromatic heterocycles. The van der Waals surface area contributed by atoms with Crippen molar-refractivity contribution in [1.82, 2.24) is 19.3 Å². The quantitative estimate of drug-likeness (QED) is 0.610. The number of rotatable bonds is 3. The fourth-order valence-corrected chi connectivity index (χ4v) is 2.87. The van der Waals surface area contributed by atoms with Gasteiger partial charge in [0.05, 0.1) is 22.9 Å². The number of benzene rings is 2. The molecule has 7 nitrogen and oxygen atoms in total. The first-order chi connectivity index (χ1) is 13.0. The Bertz CT molecular complexity index is 1210. The van der Waals surface area contributed by atoms with Crippen LogP contribution >= 0.6 is 0 Å². The summed E-state index contributed by atoms with van der Waals surface area (Å²) in [4.78, 5) is 29.0. The summed E-state index contributed by atoms with van der Waals surface area (Å²) in [7, 11) is 3.41. The molecule has 1 amide bonds. The van der Waals surface area contributed by atoms with E-state index >= 15 is 0 Å². The van der Waals surface area contributed by atoms with Crippen molar-refractivity contribution >= 4 is 22.6 Å². The largest absolute Gasteiger partial charge is 0.307 e. The maximum Gasteiger partial charge on any atom is 0.260 e. The highest BCUT2D eigenvalue weighted by molar-refractivity contribution is 6.05. The topological polar surface area (TPSA) is 81.8 Å². The number of hydrogen-bond acceptors (Lipinski definition) is 4. The van der Waals surface area contributed by atoms with Gasteiger partial charge in [0.2, 0.25) is 0 Å². The molecular weight excluding hydrogens is 342 g/mol. The van der Waals surface area contributed by atoms with Crippen LogP contribution in [0.5, 0.6) is 0 Å². The van der Waals surface area contributed by atoms with Gasteiger partial charge < -0.3 is 9.88 Å². The van der Waals surface area contributed by atoms with Crippen molar-refractivity contribution in [3.63, 3.8) is 0 Å². The van der Waals surface area contributed by atoms with Gasteiger partial charge in [-0.1, -0.05) is 30.3 Å². The lowest BCUT2D eigenvalue weighted by Gasteiger charge is -2.06. The van der Waals surface area contributed by atoms with Gasteiger partial charge in [0.25, 0.3) is 11.5 Å². The minimum Gasteiger partial charge on any atom is -0.307 e. The molecule has 0 aliphatic carbocycles. The van der Waals surface area contributed by atoms with Crippen molar-refractivity contribution in [2.45, 2.75) is 0 Å². The molecule has 27 heavy (non-hydrogen) atoms. The molecule has 0 fully saturated rings. The van der Waals surface area contributed by atoms with Gasteiger partial charge in [-0.2, -0.15) is 5.10 Å². The second-order valence-corrected chi connectivity index (χ2v) is 6.25. The van der Waals surface area contributed by atoms with Crippen molar-refractivity contribution < 1.29 is 4.79 Å². The molecule has 134 valence electrons. The zero-order valence-electron chi connectivity index (χ0n) is 14.9. The molecule has 0 radical (unpaired) electrons. The minimum absolute atomic E-state index is 0.147. The van der Waals surface area contributed by atoms with Crippen LogP contribution in [0.2, 0.25) is 0 Å². The number of anilines is 1. The van der Waals surface area contributed by atoms with E-state index in [1.807, 2.05) is 36.4 Å². The average molecular weight is 359 g/mol. The third kappa shape index (κ3) is 3.10. The summed E-state index contributed by atoms with van der Waals surface area (Å²) in [5.74, 6) is 0.290. The standard InChI is InChI=1S/C20H17N5O2/c1-24-12-21-17-10-14(8-9-15(17)20(24)27)19(26)22-18-11-16(23-25(18)2)13-6-4-3-5-7-13/h3-12H,1-2H3,(H,22,26). The molecule has 7 heteroatoms. The van der Waals surface area contributed by atoms with Crippen LogP contribution in [-0.2, 0) is 14.1 Å². The molecule has 2 aromatic carbocycles. The van der Waals surface area contributed by atoms with Crippen LogP contribution in [0.15, 0.2) is 65.7 Å². The lowest BCUT2D eigenvalue weighted by Crippen LogP contribution is -2.18. The first-order valence-electron chi connectivity index (χ1n) is 8.39. The van der Waals surface area contributed by atoms with Crippen molar-refractivity contribution in [3.8, 4) is 11.3 Å². The monoisotopic (exact) mass is 359 g/mol. The van der Waals surface area contributed by atoms with Gasteiger partial charge in [-0.15, -0.1) is 0 Å². The van der Waals surface area contributed by atoms with E-state index in [0.29, 0.717) is 22.3 Å². The van der Waals surface area contributed by atoms with Crippen LogP contribution in [0.3, 0.4) is 0 Å². The molecule has 0 atom stereocenters. The summed E-state index contributed by atoms with van der Waals surface area (Å²) in [6, 6.07) is 16.4. The molecule has 4 aromatic rings. The molecule has 0 bridgehead atoms. The van der Waals surface area contributed by atoms with Crippen molar-refractivity contribution in [1.29, 1.82) is 0 Å². The first kappa shape index (κ1) is 16.7.